The molecule has 0 spiro atoms. The molecule has 3 rings (SSSR count). The summed E-state index contributed by atoms with van der Waals surface area (Å²) in [6, 6.07) is 23.2. The third-order valence-corrected chi connectivity index (χ3v) is 5.13. The fourth-order valence-corrected chi connectivity index (χ4v) is 3.19. The molecular formula is C23H24IN3O2. The Hall–Kier alpha value is -2.58. The lowest BCUT2D eigenvalue weighted by Crippen LogP contribution is -2.20. The summed E-state index contributed by atoms with van der Waals surface area (Å²) in [6.07, 6.45) is 0. The van der Waals surface area contributed by atoms with Gasteiger partial charge in [0.2, 0.25) is 0 Å². The van der Waals surface area contributed by atoms with Crippen molar-refractivity contribution in [1.29, 1.82) is 0 Å². The van der Waals surface area contributed by atoms with Gasteiger partial charge in [0.1, 0.15) is 12.4 Å². The lowest BCUT2D eigenvalue weighted by atomic mass is 10.1. The van der Waals surface area contributed by atoms with Gasteiger partial charge in [0.05, 0.1) is 3.57 Å². The molecule has 2 amide bonds. The van der Waals surface area contributed by atoms with Crippen molar-refractivity contribution < 1.29 is 9.53 Å². The van der Waals surface area contributed by atoms with Gasteiger partial charge in [-0.05, 0) is 72.1 Å². The summed E-state index contributed by atoms with van der Waals surface area (Å²) in [5.74, 6) is 0.762. The quantitative estimate of drug-likeness (QED) is 0.418. The van der Waals surface area contributed by atoms with E-state index in [4.69, 9.17) is 4.74 Å². The normalized spacial score (nSPS) is 10.6. The van der Waals surface area contributed by atoms with E-state index >= 15 is 0 Å². The summed E-state index contributed by atoms with van der Waals surface area (Å²) in [5, 5.41) is 5.72. The van der Waals surface area contributed by atoms with E-state index in [9.17, 15) is 4.79 Å². The van der Waals surface area contributed by atoms with Crippen molar-refractivity contribution in [2.45, 2.75) is 0 Å². The van der Waals surface area contributed by atoms with Crippen molar-refractivity contribution in [3.8, 4) is 16.9 Å². The molecular weight excluding hydrogens is 477 g/mol. The molecule has 150 valence electrons. The first-order valence-corrected chi connectivity index (χ1v) is 10.4. The van der Waals surface area contributed by atoms with Gasteiger partial charge in [-0.1, -0.05) is 42.5 Å². The zero-order valence-electron chi connectivity index (χ0n) is 16.5. The van der Waals surface area contributed by atoms with Gasteiger partial charge in [-0.25, -0.2) is 4.79 Å². The molecule has 0 aromatic heterocycles. The fourth-order valence-electron chi connectivity index (χ4n) is 2.70. The Morgan fingerprint density at radius 1 is 0.897 bits per heavy atom. The Balaban J connectivity index is 1.59. The van der Waals surface area contributed by atoms with Gasteiger partial charge in [0, 0.05) is 24.0 Å². The molecule has 0 saturated carbocycles. The van der Waals surface area contributed by atoms with Crippen LogP contribution in [0, 0.1) is 3.57 Å². The van der Waals surface area contributed by atoms with Crippen LogP contribution in [0.25, 0.3) is 11.1 Å². The second-order valence-corrected chi connectivity index (χ2v) is 7.98. The Labute approximate surface area is 185 Å². The monoisotopic (exact) mass is 501 g/mol. The molecule has 0 saturated heterocycles. The van der Waals surface area contributed by atoms with Gasteiger partial charge in [-0.2, -0.15) is 0 Å². The molecule has 3 aromatic carbocycles. The summed E-state index contributed by atoms with van der Waals surface area (Å²) >= 11 is 2.23. The molecule has 0 unspecified atom stereocenters. The number of halogens is 1. The summed E-state index contributed by atoms with van der Waals surface area (Å²) in [6.45, 7) is 1.42. The standard InChI is InChI=1S/C23H24IN3O2/c1-27(2)14-15-29-22-16-20(12-13-21(22)24)26-23(28)25-19-10-8-18(9-11-19)17-6-4-3-5-7-17/h3-13,16H,14-15H2,1-2H3,(H2,25,26,28). The topological polar surface area (TPSA) is 53.6 Å². The van der Waals surface area contributed by atoms with Crippen molar-refractivity contribution in [1.82, 2.24) is 4.90 Å². The Morgan fingerprint density at radius 3 is 2.21 bits per heavy atom. The van der Waals surface area contributed by atoms with E-state index in [1.165, 1.54) is 0 Å². The van der Waals surface area contributed by atoms with Crippen LogP contribution in [0.2, 0.25) is 0 Å². The van der Waals surface area contributed by atoms with Crippen LogP contribution in [0.1, 0.15) is 0 Å². The first-order valence-electron chi connectivity index (χ1n) is 9.32. The predicted molar refractivity (Wildman–Crippen MR) is 128 cm³/mol. The van der Waals surface area contributed by atoms with Crippen molar-refractivity contribution in [2.75, 3.05) is 37.9 Å². The highest BCUT2D eigenvalue weighted by Crippen LogP contribution is 2.25. The molecule has 0 radical (unpaired) electrons. The highest BCUT2D eigenvalue weighted by Gasteiger charge is 2.07. The van der Waals surface area contributed by atoms with Crippen LogP contribution >= 0.6 is 22.6 Å². The maximum absolute atomic E-state index is 12.4. The van der Waals surface area contributed by atoms with Gasteiger partial charge in [0.25, 0.3) is 0 Å². The Kier molecular flexibility index (Phi) is 7.48. The first-order chi connectivity index (χ1) is 14.0. The second-order valence-electron chi connectivity index (χ2n) is 6.82. The van der Waals surface area contributed by atoms with E-state index in [0.717, 1.165) is 32.7 Å². The lowest BCUT2D eigenvalue weighted by Gasteiger charge is -2.14. The van der Waals surface area contributed by atoms with Crippen LogP contribution in [0.15, 0.2) is 72.8 Å². The maximum Gasteiger partial charge on any atom is 0.323 e. The summed E-state index contributed by atoms with van der Waals surface area (Å²) in [7, 11) is 4.01. The van der Waals surface area contributed by atoms with Crippen LogP contribution < -0.4 is 15.4 Å². The number of amides is 2. The molecule has 0 aliphatic carbocycles. The van der Waals surface area contributed by atoms with Gasteiger partial charge in [-0.15, -0.1) is 0 Å². The van der Waals surface area contributed by atoms with E-state index in [1.54, 1.807) is 0 Å². The predicted octanol–water partition coefficient (Wildman–Crippen LogP) is 5.54. The van der Waals surface area contributed by atoms with Crippen molar-refractivity contribution >= 4 is 40.0 Å². The minimum absolute atomic E-state index is 0.294. The third kappa shape index (κ3) is 6.47. The molecule has 2 N–H and O–H groups in total. The van der Waals surface area contributed by atoms with E-state index in [0.29, 0.717) is 12.3 Å². The Bertz CT molecular complexity index is 944. The van der Waals surface area contributed by atoms with Crippen LogP contribution in [-0.4, -0.2) is 38.2 Å². The van der Waals surface area contributed by atoms with Gasteiger partial charge >= 0.3 is 6.03 Å². The summed E-state index contributed by atoms with van der Waals surface area (Å²) in [5.41, 5.74) is 3.66. The molecule has 0 atom stereocenters. The molecule has 5 nitrogen and oxygen atoms in total. The molecule has 29 heavy (non-hydrogen) atoms. The number of hydrogen-bond acceptors (Lipinski definition) is 3. The molecule has 0 bridgehead atoms. The number of urea groups is 1. The number of carbonyl (C=O) groups is 1. The number of hydrogen-bond donors (Lipinski definition) is 2. The molecule has 0 aliphatic rings. The highest BCUT2D eigenvalue weighted by atomic mass is 127. The number of nitrogens with zero attached hydrogens (tertiary/aromatic N) is 1. The zero-order chi connectivity index (χ0) is 20.6. The SMILES string of the molecule is CN(C)CCOc1cc(NC(=O)Nc2ccc(-c3ccccc3)cc2)ccc1I. The third-order valence-electron chi connectivity index (χ3n) is 4.24. The number of anilines is 2. The minimum Gasteiger partial charge on any atom is -0.491 e. The van der Waals surface area contributed by atoms with Crippen molar-refractivity contribution in [2.24, 2.45) is 0 Å². The van der Waals surface area contributed by atoms with E-state index in [2.05, 4.69) is 50.3 Å². The van der Waals surface area contributed by atoms with Crippen LogP contribution in [0.4, 0.5) is 16.2 Å². The van der Waals surface area contributed by atoms with Crippen molar-refractivity contribution in [3.05, 3.63) is 76.4 Å². The smallest absolute Gasteiger partial charge is 0.323 e. The van der Waals surface area contributed by atoms with Gasteiger partial charge in [0.15, 0.2) is 0 Å². The molecule has 0 fully saturated rings. The summed E-state index contributed by atoms with van der Waals surface area (Å²) < 4.78 is 6.83. The largest absolute Gasteiger partial charge is 0.491 e. The van der Waals surface area contributed by atoms with E-state index < -0.39 is 0 Å². The lowest BCUT2D eigenvalue weighted by molar-refractivity contribution is 0.260. The van der Waals surface area contributed by atoms with E-state index in [-0.39, 0.29) is 6.03 Å². The highest BCUT2D eigenvalue weighted by molar-refractivity contribution is 14.1. The van der Waals surface area contributed by atoms with Gasteiger partial charge in [-0.3, -0.25) is 0 Å². The number of carbonyl (C=O) groups excluding carboxylic acids is 1. The van der Waals surface area contributed by atoms with Crippen molar-refractivity contribution in [3.63, 3.8) is 0 Å². The number of nitrogens with one attached hydrogen (secondary N) is 2. The average molecular weight is 501 g/mol. The van der Waals surface area contributed by atoms with E-state index in [1.807, 2.05) is 74.8 Å². The number of likely N-dealkylation sites (N-methyl/N-ethyl adjacent to an activating group) is 1. The number of ether oxygens (including phenoxy) is 1. The summed E-state index contributed by atoms with van der Waals surface area (Å²) in [4.78, 5) is 14.4. The average Bonchev–Trinajstić information content (AvgIpc) is 2.71. The Morgan fingerprint density at radius 2 is 1.52 bits per heavy atom. The minimum atomic E-state index is -0.294. The molecule has 0 heterocycles. The van der Waals surface area contributed by atoms with Crippen LogP contribution in [0.3, 0.4) is 0 Å². The molecule has 0 aliphatic heterocycles. The molecule has 6 heteroatoms. The number of benzene rings is 3. The maximum atomic E-state index is 12.4. The van der Waals surface area contributed by atoms with Crippen LogP contribution in [-0.2, 0) is 0 Å². The van der Waals surface area contributed by atoms with Crippen LogP contribution in [0.5, 0.6) is 5.75 Å². The second kappa shape index (κ2) is 10.3. The zero-order valence-corrected chi connectivity index (χ0v) is 18.6. The van der Waals surface area contributed by atoms with Gasteiger partial charge < -0.3 is 20.3 Å². The first kappa shape index (κ1) is 21.1. The number of rotatable bonds is 7. The fraction of sp³-hybridized carbons (Fsp3) is 0.174. The molecule has 3 aromatic rings.